The van der Waals surface area contributed by atoms with Crippen LogP contribution in [0, 0.1) is 0 Å². The molecule has 0 saturated carbocycles. The summed E-state index contributed by atoms with van der Waals surface area (Å²) in [5.74, 6) is 0.753. The van der Waals surface area contributed by atoms with Gasteiger partial charge < -0.3 is 10.1 Å². The highest BCUT2D eigenvalue weighted by Crippen LogP contribution is 2.06. The van der Waals surface area contributed by atoms with Crippen molar-refractivity contribution in [2.45, 2.75) is 12.8 Å². The van der Waals surface area contributed by atoms with E-state index in [4.69, 9.17) is 4.74 Å². The van der Waals surface area contributed by atoms with E-state index in [9.17, 15) is 4.79 Å². The van der Waals surface area contributed by atoms with E-state index in [0.717, 1.165) is 5.75 Å². The van der Waals surface area contributed by atoms with Crippen LogP contribution in [-0.2, 0) is 4.79 Å². The molecule has 1 aromatic heterocycles. The number of carbonyl (C=O) groups excluding carboxylic acids is 1. The first-order chi connectivity index (χ1) is 7.83. The van der Waals surface area contributed by atoms with Crippen LogP contribution < -0.4 is 10.1 Å². The monoisotopic (exact) mass is 220 g/mol. The van der Waals surface area contributed by atoms with E-state index in [1.807, 2.05) is 12.1 Å². The number of ether oxygens (including phenoxy) is 1. The molecule has 4 heteroatoms. The number of amides is 1. The first kappa shape index (κ1) is 12.2. The molecular formula is C12H16N2O2. The normalized spacial score (nSPS) is 9.50. The second kappa shape index (κ2) is 7.45. The largest absolute Gasteiger partial charge is 0.492 e. The van der Waals surface area contributed by atoms with Gasteiger partial charge in [0.25, 0.3) is 0 Å². The summed E-state index contributed by atoms with van der Waals surface area (Å²) in [7, 11) is 0. The van der Waals surface area contributed by atoms with Crippen molar-refractivity contribution in [3.8, 4) is 5.75 Å². The Morgan fingerprint density at radius 3 is 3.19 bits per heavy atom. The van der Waals surface area contributed by atoms with Crippen LogP contribution in [0.1, 0.15) is 12.8 Å². The lowest BCUT2D eigenvalue weighted by Gasteiger charge is -2.05. The standard InChI is InChI=1S/C12H16N2O2/c1-2-7-14-12(15)6-4-9-16-11-5-3-8-13-10-11/h2-3,5,8,10H,1,4,6-7,9H2,(H,14,15). The molecule has 0 saturated heterocycles. The number of rotatable bonds is 7. The minimum Gasteiger partial charge on any atom is -0.492 e. The Bertz CT molecular complexity index is 325. The number of carbonyl (C=O) groups is 1. The highest BCUT2D eigenvalue weighted by atomic mass is 16.5. The summed E-state index contributed by atoms with van der Waals surface area (Å²) < 4.78 is 5.40. The molecule has 0 bridgehead atoms. The minimum absolute atomic E-state index is 0.0229. The van der Waals surface area contributed by atoms with E-state index in [1.54, 1.807) is 18.5 Å². The third-order valence-electron chi connectivity index (χ3n) is 1.89. The smallest absolute Gasteiger partial charge is 0.220 e. The Hall–Kier alpha value is -1.84. The number of hydrogen-bond acceptors (Lipinski definition) is 3. The molecule has 0 aliphatic carbocycles. The predicted octanol–water partition coefficient (Wildman–Crippen LogP) is 1.54. The maximum Gasteiger partial charge on any atom is 0.220 e. The summed E-state index contributed by atoms with van der Waals surface area (Å²) in [6.45, 7) is 4.56. The van der Waals surface area contributed by atoms with Gasteiger partial charge in [-0.3, -0.25) is 9.78 Å². The number of nitrogens with one attached hydrogen (secondary N) is 1. The van der Waals surface area contributed by atoms with E-state index in [1.165, 1.54) is 0 Å². The maximum atomic E-state index is 11.2. The van der Waals surface area contributed by atoms with Crippen molar-refractivity contribution in [2.24, 2.45) is 0 Å². The molecule has 16 heavy (non-hydrogen) atoms. The van der Waals surface area contributed by atoms with Gasteiger partial charge in [-0.1, -0.05) is 6.08 Å². The van der Waals surface area contributed by atoms with Crippen LogP contribution in [0.15, 0.2) is 37.2 Å². The van der Waals surface area contributed by atoms with Gasteiger partial charge in [-0.05, 0) is 18.6 Å². The van der Waals surface area contributed by atoms with Crippen LogP contribution in [0.4, 0.5) is 0 Å². The van der Waals surface area contributed by atoms with Gasteiger partial charge in [0.05, 0.1) is 12.8 Å². The molecule has 1 rings (SSSR count). The van der Waals surface area contributed by atoms with Crippen LogP contribution in [0.3, 0.4) is 0 Å². The van der Waals surface area contributed by atoms with Crippen molar-refractivity contribution in [3.05, 3.63) is 37.2 Å². The number of aromatic nitrogens is 1. The molecule has 0 aliphatic rings. The zero-order chi connectivity index (χ0) is 11.6. The molecule has 0 fully saturated rings. The number of nitrogens with zero attached hydrogens (tertiary/aromatic N) is 1. The Kier molecular flexibility index (Phi) is 5.70. The topological polar surface area (TPSA) is 51.2 Å². The molecule has 86 valence electrons. The van der Waals surface area contributed by atoms with Gasteiger partial charge in [0, 0.05) is 19.2 Å². The Morgan fingerprint density at radius 1 is 1.62 bits per heavy atom. The molecule has 0 unspecified atom stereocenters. The third-order valence-corrected chi connectivity index (χ3v) is 1.89. The molecule has 0 aliphatic heterocycles. The summed E-state index contributed by atoms with van der Waals surface area (Å²) in [5.41, 5.74) is 0. The van der Waals surface area contributed by atoms with E-state index in [2.05, 4.69) is 16.9 Å². The van der Waals surface area contributed by atoms with E-state index in [-0.39, 0.29) is 5.91 Å². The lowest BCUT2D eigenvalue weighted by Crippen LogP contribution is -2.23. The van der Waals surface area contributed by atoms with E-state index in [0.29, 0.717) is 26.0 Å². The van der Waals surface area contributed by atoms with Crippen molar-refractivity contribution in [1.29, 1.82) is 0 Å². The Morgan fingerprint density at radius 2 is 2.50 bits per heavy atom. The fourth-order valence-corrected chi connectivity index (χ4v) is 1.13. The summed E-state index contributed by atoms with van der Waals surface area (Å²) in [4.78, 5) is 15.1. The minimum atomic E-state index is 0.0229. The van der Waals surface area contributed by atoms with Gasteiger partial charge in [-0.25, -0.2) is 0 Å². The molecule has 0 radical (unpaired) electrons. The van der Waals surface area contributed by atoms with Gasteiger partial charge in [-0.15, -0.1) is 6.58 Å². The van der Waals surface area contributed by atoms with Gasteiger partial charge in [0.1, 0.15) is 5.75 Å². The fraction of sp³-hybridized carbons (Fsp3) is 0.333. The third kappa shape index (κ3) is 5.14. The summed E-state index contributed by atoms with van der Waals surface area (Å²) in [5, 5.41) is 2.71. The summed E-state index contributed by atoms with van der Waals surface area (Å²) in [6.07, 6.45) is 6.16. The van der Waals surface area contributed by atoms with Gasteiger partial charge in [0.2, 0.25) is 5.91 Å². The van der Waals surface area contributed by atoms with Crippen LogP contribution in [0.2, 0.25) is 0 Å². The van der Waals surface area contributed by atoms with Crippen molar-refractivity contribution in [1.82, 2.24) is 10.3 Å². The molecule has 1 heterocycles. The number of pyridine rings is 1. The molecule has 0 spiro atoms. The molecule has 0 aromatic carbocycles. The van der Waals surface area contributed by atoms with Crippen LogP contribution in [0.5, 0.6) is 5.75 Å². The van der Waals surface area contributed by atoms with Crippen LogP contribution >= 0.6 is 0 Å². The van der Waals surface area contributed by atoms with Crippen molar-refractivity contribution in [3.63, 3.8) is 0 Å². The van der Waals surface area contributed by atoms with Crippen LogP contribution in [0.25, 0.3) is 0 Å². The predicted molar refractivity (Wildman–Crippen MR) is 62.2 cm³/mol. The van der Waals surface area contributed by atoms with E-state index < -0.39 is 0 Å². The molecule has 0 atom stereocenters. The highest BCUT2D eigenvalue weighted by molar-refractivity contribution is 5.75. The van der Waals surface area contributed by atoms with Gasteiger partial charge in [-0.2, -0.15) is 0 Å². The van der Waals surface area contributed by atoms with Gasteiger partial charge >= 0.3 is 0 Å². The Balaban J connectivity index is 2.08. The average molecular weight is 220 g/mol. The second-order valence-electron chi connectivity index (χ2n) is 3.23. The zero-order valence-electron chi connectivity index (χ0n) is 9.19. The lowest BCUT2D eigenvalue weighted by molar-refractivity contribution is -0.121. The first-order valence-corrected chi connectivity index (χ1v) is 5.23. The summed E-state index contributed by atoms with van der Waals surface area (Å²) >= 11 is 0. The fourth-order valence-electron chi connectivity index (χ4n) is 1.13. The van der Waals surface area contributed by atoms with Gasteiger partial charge in [0.15, 0.2) is 0 Å². The molecular weight excluding hydrogens is 204 g/mol. The highest BCUT2D eigenvalue weighted by Gasteiger charge is 1.99. The van der Waals surface area contributed by atoms with E-state index >= 15 is 0 Å². The van der Waals surface area contributed by atoms with Crippen molar-refractivity contribution in [2.75, 3.05) is 13.2 Å². The SMILES string of the molecule is C=CCNC(=O)CCCOc1cccnc1. The zero-order valence-corrected chi connectivity index (χ0v) is 9.19. The van der Waals surface area contributed by atoms with Crippen molar-refractivity contribution < 1.29 is 9.53 Å². The average Bonchev–Trinajstić information content (AvgIpc) is 2.33. The molecule has 1 aromatic rings. The molecule has 1 amide bonds. The van der Waals surface area contributed by atoms with Crippen molar-refractivity contribution >= 4 is 5.91 Å². The maximum absolute atomic E-state index is 11.2. The second-order valence-corrected chi connectivity index (χ2v) is 3.23. The lowest BCUT2D eigenvalue weighted by atomic mass is 10.3. The first-order valence-electron chi connectivity index (χ1n) is 5.23. The van der Waals surface area contributed by atoms with Crippen LogP contribution in [-0.4, -0.2) is 24.0 Å². The summed E-state index contributed by atoms with van der Waals surface area (Å²) in [6, 6.07) is 3.65. The number of hydrogen-bond donors (Lipinski definition) is 1. The molecule has 1 N–H and O–H groups in total. The molecule has 4 nitrogen and oxygen atoms in total. The Labute approximate surface area is 95.3 Å². The quantitative estimate of drug-likeness (QED) is 0.560.